The Labute approximate surface area is 99.8 Å². The fourth-order valence-electron chi connectivity index (χ4n) is 1.13. The smallest absolute Gasteiger partial charge is 0.387 e. The third-order valence-corrected chi connectivity index (χ3v) is 3.02. The molecule has 5 heteroatoms. The molecule has 1 aromatic rings. The number of hydrogen-bond acceptors (Lipinski definition) is 2. The largest absolute Gasteiger partial charge is 0.434 e. The van der Waals surface area contributed by atoms with E-state index in [9.17, 15) is 13.6 Å². The van der Waals surface area contributed by atoms with Gasteiger partial charge in [-0.15, -0.1) is 0 Å². The Balaban J connectivity index is 3.22. The molecule has 82 valence electrons. The second kappa shape index (κ2) is 4.87. The van der Waals surface area contributed by atoms with Gasteiger partial charge in [0.05, 0.1) is 5.56 Å². The first-order valence-electron chi connectivity index (χ1n) is 4.17. The Morgan fingerprint density at radius 3 is 2.53 bits per heavy atom. The molecule has 15 heavy (non-hydrogen) atoms. The third-order valence-electron chi connectivity index (χ3n) is 1.86. The lowest BCUT2D eigenvalue weighted by Crippen LogP contribution is -2.07. The van der Waals surface area contributed by atoms with E-state index < -0.39 is 6.61 Å². The molecule has 1 rings (SSSR count). The first-order valence-corrected chi connectivity index (χ1v) is 5.25. The van der Waals surface area contributed by atoms with E-state index in [1.807, 2.05) is 22.6 Å². The van der Waals surface area contributed by atoms with Crippen LogP contribution in [0.1, 0.15) is 22.8 Å². The lowest BCUT2D eigenvalue weighted by molar-refractivity contribution is -0.0501. The standard InChI is InChI=1S/C10H9F2IO2/c1-5-3-7(6(2)14)9(4-8(5)13)15-10(11)12/h3-4,10H,1-2H3. The van der Waals surface area contributed by atoms with E-state index in [0.29, 0.717) is 0 Å². The van der Waals surface area contributed by atoms with Crippen LogP contribution >= 0.6 is 22.6 Å². The fraction of sp³-hybridized carbons (Fsp3) is 0.300. The van der Waals surface area contributed by atoms with Gasteiger partial charge in [-0.05, 0) is 54.1 Å². The molecule has 0 spiro atoms. The summed E-state index contributed by atoms with van der Waals surface area (Å²) in [6.07, 6.45) is 0. The molecule has 0 aromatic heterocycles. The predicted molar refractivity (Wildman–Crippen MR) is 60.5 cm³/mol. The Hall–Kier alpha value is -0.720. The summed E-state index contributed by atoms with van der Waals surface area (Å²) in [6.45, 7) is 0.210. The molecule has 0 bridgehead atoms. The van der Waals surface area contributed by atoms with Crippen LogP contribution in [0.2, 0.25) is 0 Å². The SMILES string of the molecule is CC(=O)c1cc(C)c(I)cc1OC(F)F. The maximum absolute atomic E-state index is 12.1. The van der Waals surface area contributed by atoms with Crippen molar-refractivity contribution in [3.8, 4) is 5.75 Å². The minimum absolute atomic E-state index is 0.0625. The van der Waals surface area contributed by atoms with E-state index in [4.69, 9.17) is 0 Å². The molecule has 0 atom stereocenters. The number of aryl methyl sites for hydroxylation is 1. The molecule has 1 aromatic carbocycles. The zero-order valence-corrected chi connectivity index (χ0v) is 10.3. The molecule has 2 nitrogen and oxygen atoms in total. The molecule has 0 unspecified atom stereocenters. The van der Waals surface area contributed by atoms with E-state index >= 15 is 0 Å². The molecular formula is C10H9F2IO2. The summed E-state index contributed by atoms with van der Waals surface area (Å²) in [6, 6.07) is 3.00. The minimum Gasteiger partial charge on any atom is -0.434 e. The van der Waals surface area contributed by atoms with Gasteiger partial charge in [0.15, 0.2) is 5.78 Å². The van der Waals surface area contributed by atoms with E-state index in [1.165, 1.54) is 13.0 Å². The molecule has 0 heterocycles. The number of benzene rings is 1. The van der Waals surface area contributed by atoms with Crippen LogP contribution in [0.4, 0.5) is 8.78 Å². The van der Waals surface area contributed by atoms with Crippen molar-refractivity contribution in [2.75, 3.05) is 0 Å². The first kappa shape index (κ1) is 12.4. The molecule has 0 aliphatic heterocycles. The zero-order chi connectivity index (χ0) is 11.6. The molecule has 0 saturated carbocycles. The first-order chi connectivity index (χ1) is 6.91. The summed E-state index contributed by atoms with van der Waals surface area (Å²) < 4.78 is 29.2. The van der Waals surface area contributed by atoms with Crippen LogP contribution in [-0.4, -0.2) is 12.4 Å². The lowest BCUT2D eigenvalue weighted by atomic mass is 10.1. The number of hydrogen-bond donors (Lipinski definition) is 0. The van der Waals surface area contributed by atoms with Crippen LogP contribution in [0, 0.1) is 10.5 Å². The van der Waals surface area contributed by atoms with Crippen molar-refractivity contribution in [2.45, 2.75) is 20.5 Å². The summed E-state index contributed by atoms with van der Waals surface area (Å²) in [7, 11) is 0. The van der Waals surface area contributed by atoms with Gasteiger partial charge in [0.1, 0.15) is 5.75 Å². The van der Waals surface area contributed by atoms with Crippen molar-refractivity contribution in [1.82, 2.24) is 0 Å². The molecule has 0 saturated heterocycles. The number of ketones is 1. The maximum atomic E-state index is 12.1. The van der Waals surface area contributed by atoms with Crippen molar-refractivity contribution >= 4 is 28.4 Å². The highest BCUT2D eigenvalue weighted by atomic mass is 127. The Kier molecular flexibility index (Phi) is 4.01. The maximum Gasteiger partial charge on any atom is 0.387 e. The van der Waals surface area contributed by atoms with Gasteiger partial charge in [0.2, 0.25) is 0 Å². The van der Waals surface area contributed by atoms with Gasteiger partial charge in [-0.25, -0.2) is 0 Å². The average Bonchev–Trinajstić information content (AvgIpc) is 2.09. The van der Waals surface area contributed by atoms with Gasteiger partial charge >= 0.3 is 6.61 Å². The number of carbonyl (C=O) groups excluding carboxylic acids is 1. The van der Waals surface area contributed by atoms with Crippen molar-refractivity contribution in [3.05, 3.63) is 26.8 Å². The molecular weight excluding hydrogens is 317 g/mol. The van der Waals surface area contributed by atoms with Gasteiger partial charge < -0.3 is 4.74 Å². The summed E-state index contributed by atoms with van der Waals surface area (Å²) in [4.78, 5) is 11.2. The minimum atomic E-state index is -2.92. The van der Waals surface area contributed by atoms with Gasteiger partial charge in [-0.3, -0.25) is 4.79 Å². The number of alkyl halides is 2. The van der Waals surface area contributed by atoms with Crippen LogP contribution in [0.5, 0.6) is 5.75 Å². The molecule has 0 N–H and O–H groups in total. The van der Waals surface area contributed by atoms with Crippen LogP contribution in [0.15, 0.2) is 12.1 Å². The number of Topliss-reactive ketones (excluding diaryl/α,β-unsaturated/α-hetero) is 1. The molecule has 0 aliphatic rings. The summed E-state index contributed by atoms with van der Waals surface area (Å²) in [5.74, 6) is -0.349. The van der Waals surface area contributed by atoms with Crippen molar-refractivity contribution in [3.63, 3.8) is 0 Å². The summed E-state index contributed by atoms with van der Waals surface area (Å²) in [5.41, 5.74) is 1.05. The van der Waals surface area contributed by atoms with E-state index in [-0.39, 0.29) is 17.1 Å². The second-order valence-corrected chi connectivity index (χ2v) is 4.19. The van der Waals surface area contributed by atoms with Gasteiger partial charge in [0.25, 0.3) is 0 Å². The highest BCUT2D eigenvalue weighted by Crippen LogP contribution is 2.26. The van der Waals surface area contributed by atoms with Gasteiger partial charge in [-0.2, -0.15) is 8.78 Å². The van der Waals surface area contributed by atoms with Crippen LogP contribution in [0.3, 0.4) is 0 Å². The normalized spacial score (nSPS) is 10.5. The fourth-order valence-corrected chi connectivity index (χ4v) is 1.57. The van der Waals surface area contributed by atoms with E-state index in [2.05, 4.69) is 4.74 Å². The summed E-state index contributed by atoms with van der Waals surface area (Å²) in [5, 5.41) is 0. The van der Waals surface area contributed by atoms with Crippen molar-refractivity contribution in [2.24, 2.45) is 0 Å². The number of ether oxygens (including phenoxy) is 1. The predicted octanol–water partition coefficient (Wildman–Crippen LogP) is 3.40. The van der Waals surface area contributed by atoms with Crippen molar-refractivity contribution in [1.29, 1.82) is 0 Å². The van der Waals surface area contributed by atoms with Gasteiger partial charge in [0, 0.05) is 3.57 Å². The number of carbonyl (C=O) groups is 1. The van der Waals surface area contributed by atoms with Crippen LogP contribution < -0.4 is 4.74 Å². The average molecular weight is 326 g/mol. The third kappa shape index (κ3) is 3.12. The second-order valence-electron chi connectivity index (χ2n) is 3.03. The monoisotopic (exact) mass is 326 g/mol. The molecule has 0 fully saturated rings. The summed E-state index contributed by atoms with van der Waals surface area (Å²) >= 11 is 2.00. The number of halogens is 3. The Morgan fingerprint density at radius 1 is 1.47 bits per heavy atom. The Bertz CT molecular complexity index is 391. The van der Waals surface area contributed by atoms with E-state index in [1.54, 1.807) is 13.0 Å². The Morgan fingerprint density at radius 2 is 2.07 bits per heavy atom. The van der Waals surface area contributed by atoms with Crippen LogP contribution in [0.25, 0.3) is 0 Å². The molecule has 0 radical (unpaired) electrons. The highest BCUT2D eigenvalue weighted by Gasteiger charge is 2.14. The lowest BCUT2D eigenvalue weighted by Gasteiger charge is -2.10. The molecule has 0 amide bonds. The highest BCUT2D eigenvalue weighted by molar-refractivity contribution is 14.1. The molecule has 0 aliphatic carbocycles. The van der Waals surface area contributed by atoms with Crippen molar-refractivity contribution < 1.29 is 18.3 Å². The zero-order valence-electron chi connectivity index (χ0n) is 8.18. The number of rotatable bonds is 3. The quantitative estimate of drug-likeness (QED) is 0.629. The van der Waals surface area contributed by atoms with Crippen LogP contribution in [-0.2, 0) is 0 Å². The van der Waals surface area contributed by atoms with E-state index in [0.717, 1.165) is 9.13 Å². The topological polar surface area (TPSA) is 26.3 Å². The van der Waals surface area contributed by atoms with Gasteiger partial charge in [-0.1, -0.05) is 0 Å².